The first-order valence-electron chi connectivity index (χ1n) is 6.36. The highest BCUT2D eigenvalue weighted by atomic mass is 16.2. The van der Waals surface area contributed by atoms with E-state index in [9.17, 15) is 4.79 Å². The minimum absolute atomic E-state index is 0.0301. The fourth-order valence-corrected chi connectivity index (χ4v) is 2.47. The van der Waals surface area contributed by atoms with Crippen LogP contribution in [-0.2, 0) is 17.9 Å². The van der Waals surface area contributed by atoms with Gasteiger partial charge in [0.1, 0.15) is 0 Å². The van der Waals surface area contributed by atoms with Crippen molar-refractivity contribution < 1.29 is 4.79 Å². The maximum absolute atomic E-state index is 12.3. The van der Waals surface area contributed by atoms with Gasteiger partial charge in [0.05, 0.1) is 0 Å². The van der Waals surface area contributed by atoms with Crippen LogP contribution < -0.4 is 0 Å². The van der Waals surface area contributed by atoms with Crippen LogP contribution in [0.4, 0.5) is 0 Å². The van der Waals surface area contributed by atoms with Crippen LogP contribution in [0.1, 0.15) is 16.7 Å². The number of amides is 1. The number of nitrogens with zero attached hydrogens (tertiary/aromatic N) is 1. The molecule has 0 atom stereocenters. The average Bonchev–Trinajstić information content (AvgIpc) is 2.46. The first-order chi connectivity index (χ1) is 9.25. The van der Waals surface area contributed by atoms with Gasteiger partial charge in [-0.2, -0.15) is 0 Å². The molecule has 2 aromatic carbocycles. The molecule has 0 N–H and O–H groups in total. The summed E-state index contributed by atoms with van der Waals surface area (Å²) in [4.78, 5) is 14.2. The summed E-state index contributed by atoms with van der Waals surface area (Å²) in [5, 5.41) is 0. The Kier molecular flexibility index (Phi) is 2.92. The quantitative estimate of drug-likeness (QED) is 0.748. The van der Waals surface area contributed by atoms with Crippen molar-refractivity contribution in [2.45, 2.75) is 13.1 Å². The zero-order valence-corrected chi connectivity index (χ0v) is 10.7. The van der Waals surface area contributed by atoms with E-state index < -0.39 is 0 Å². The molecule has 0 saturated carbocycles. The molecule has 0 fully saturated rings. The summed E-state index contributed by atoms with van der Waals surface area (Å²) in [5.74, 6) is 0.0301. The Balaban J connectivity index is 1.89. The van der Waals surface area contributed by atoms with Crippen molar-refractivity contribution in [3.05, 3.63) is 77.9 Å². The van der Waals surface area contributed by atoms with Crippen LogP contribution in [0.5, 0.6) is 0 Å². The lowest BCUT2D eigenvalue weighted by atomic mass is 9.95. The van der Waals surface area contributed by atoms with E-state index in [-0.39, 0.29) is 5.91 Å². The van der Waals surface area contributed by atoms with E-state index in [1.807, 2.05) is 53.4 Å². The summed E-state index contributed by atoms with van der Waals surface area (Å²) in [7, 11) is 0. The molecule has 1 heterocycles. The predicted molar refractivity (Wildman–Crippen MR) is 76.2 cm³/mol. The number of carbonyl (C=O) groups is 1. The molecule has 0 spiro atoms. The van der Waals surface area contributed by atoms with Crippen molar-refractivity contribution in [2.75, 3.05) is 0 Å². The molecule has 0 saturated heterocycles. The molecule has 2 nitrogen and oxygen atoms in total. The summed E-state index contributed by atoms with van der Waals surface area (Å²) in [6, 6.07) is 18.0. The second-order valence-corrected chi connectivity index (χ2v) is 4.78. The minimum Gasteiger partial charge on any atom is -0.330 e. The summed E-state index contributed by atoms with van der Waals surface area (Å²) in [6.07, 6.45) is 0. The Hall–Kier alpha value is -2.35. The van der Waals surface area contributed by atoms with Gasteiger partial charge < -0.3 is 4.90 Å². The normalized spacial score (nSPS) is 14.4. The topological polar surface area (TPSA) is 20.3 Å². The van der Waals surface area contributed by atoms with Crippen molar-refractivity contribution in [3.63, 3.8) is 0 Å². The molecule has 0 radical (unpaired) electrons. The third-order valence-corrected chi connectivity index (χ3v) is 3.47. The van der Waals surface area contributed by atoms with Gasteiger partial charge in [-0.15, -0.1) is 0 Å². The average molecular weight is 249 g/mol. The molecule has 1 aliphatic heterocycles. The van der Waals surface area contributed by atoms with Crippen LogP contribution in [0.3, 0.4) is 0 Å². The third kappa shape index (κ3) is 2.17. The molecule has 0 unspecified atom stereocenters. The summed E-state index contributed by atoms with van der Waals surface area (Å²) in [6.45, 7) is 5.22. The Morgan fingerprint density at radius 2 is 1.68 bits per heavy atom. The number of benzene rings is 2. The molecular weight excluding hydrogens is 234 g/mol. The van der Waals surface area contributed by atoms with Gasteiger partial charge in [0.25, 0.3) is 5.91 Å². The van der Waals surface area contributed by atoms with E-state index in [0.29, 0.717) is 18.7 Å². The molecule has 0 bridgehead atoms. The van der Waals surface area contributed by atoms with Crippen LogP contribution in [0.15, 0.2) is 61.2 Å². The van der Waals surface area contributed by atoms with Gasteiger partial charge in [-0.1, -0.05) is 61.2 Å². The van der Waals surface area contributed by atoms with Gasteiger partial charge in [0.2, 0.25) is 0 Å². The number of fused-ring (bicyclic) bond motifs is 1. The van der Waals surface area contributed by atoms with Gasteiger partial charge >= 0.3 is 0 Å². The van der Waals surface area contributed by atoms with Crippen molar-refractivity contribution in [1.29, 1.82) is 0 Å². The molecular formula is C17H15NO. The first kappa shape index (κ1) is 11.7. The molecule has 1 amide bonds. The SMILES string of the molecule is C=C1C(=O)N(Cc2ccccc2)Cc2ccccc21. The fourth-order valence-electron chi connectivity index (χ4n) is 2.47. The van der Waals surface area contributed by atoms with Crippen LogP contribution in [0.2, 0.25) is 0 Å². The highest BCUT2D eigenvalue weighted by molar-refractivity contribution is 6.20. The molecule has 3 rings (SSSR count). The first-order valence-corrected chi connectivity index (χ1v) is 6.36. The van der Waals surface area contributed by atoms with Crippen molar-refractivity contribution in [3.8, 4) is 0 Å². The number of carbonyl (C=O) groups excluding carboxylic acids is 1. The van der Waals surface area contributed by atoms with Gasteiger partial charge in [0, 0.05) is 18.7 Å². The maximum Gasteiger partial charge on any atom is 0.254 e. The van der Waals surface area contributed by atoms with Crippen LogP contribution in [0, 0.1) is 0 Å². The van der Waals surface area contributed by atoms with Crippen molar-refractivity contribution in [2.24, 2.45) is 0 Å². The standard InChI is InChI=1S/C17H15NO/c1-13-16-10-6-5-9-15(16)12-18(17(13)19)11-14-7-3-2-4-8-14/h2-10H,1,11-12H2. The second-order valence-electron chi connectivity index (χ2n) is 4.78. The van der Waals surface area contributed by atoms with E-state index in [1.165, 1.54) is 5.56 Å². The van der Waals surface area contributed by atoms with E-state index in [0.717, 1.165) is 11.1 Å². The fraction of sp³-hybridized carbons (Fsp3) is 0.118. The van der Waals surface area contributed by atoms with E-state index in [4.69, 9.17) is 0 Å². The van der Waals surface area contributed by atoms with E-state index in [2.05, 4.69) is 12.6 Å². The number of hydrogen-bond donors (Lipinski definition) is 0. The van der Waals surface area contributed by atoms with E-state index in [1.54, 1.807) is 0 Å². The second kappa shape index (κ2) is 4.73. The Bertz CT molecular complexity index is 631. The zero-order valence-electron chi connectivity index (χ0n) is 10.7. The maximum atomic E-state index is 12.3. The molecule has 2 aromatic rings. The highest BCUT2D eigenvalue weighted by Crippen LogP contribution is 2.28. The van der Waals surface area contributed by atoms with Gasteiger partial charge in [-0.05, 0) is 16.7 Å². The number of hydrogen-bond acceptors (Lipinski definition) is 1. The smallest absolute Gasteiger partial charge is 0.254 e. The Morgan fingerprint density at radius 1 is 1.00 bits per heavy atom. The monoisotopic (exact) mass is 249 g/mol. The van der Waals surface area contributed by atoms with Crippen LogP contribution in [0.25, 0.3) is 5.57 Å². The largest absolute Gasteiger partial charge is 0.330 e. The third-order valence-electron chi connectivity index (χ3n) is 3.47. The van der Waals surface area contributed by atoms with Gasteiger partial charge in [-0.3, -0.25) is 4.79 Å². The molecule has 0 aliphatic carbocycles. The van der Waals surface area contributed by atoms with Gasteiger partial charge in [0.15, 0.2) is 0 Å². The Morgan fingerprint density at radius 3 is 2.47 bits per heavy atom. The summed E-state index contributed by atoms with van der Waals surface area (Å²) >= 11 is 0. The van der Waals surface area contributed by atoms with Gasteiger partial charge in [-0.25, -0.2) is 0 Å². The summed E-state index contributed by atoms with van der Waals surface area (Å²) in [5.41, 5.74) is 3.89. The van der Waals surface area contributed by atoms with Crippen LogP contribution in [-0.4, -0.2) is 10.8 Å². The molecule has 1 aliphatic rings. The predicted octanol–water partition coefficient (Wildman–Crippen LogP) is 3.24. The Labute approximate surface area is 113 Å². The molecule has 94 valence electrons. The lowest BCUT2D eigenvalue weighted by molar-refractivity contribution is -0.126. The van der Waals surface area contributed by atoms with Crippen molar-refractivity contribution >= 4 is 11.5 Å². The van der Waals surface area contributed by atoms with E-state index >= 15 is 0 Å². The lowest BCUT2D eigenvalue weighted by Gasteiger charge is -2.30. The minimum atomic E-state index is 0.0301. The summed E-state index contributed by atoms with van der Waals surface area (Å²) < 4.78 is 0. The lowest BCUT2D eigenvalue weighted by Crippen LogP contribution is -2.34. The van der Waals surface area contributed by atoms with Crippen LogP contribution >= 0.6 is 0 Å². The molecule has 0 aromatic heterocycles. The zero-order chi connectivity index (χ0) is 13.2. The molecule has 19 heavy (non-hydrogen) atoms. The number of rotatable bonds is 2. The van der Waals surface area contributed by atoms with Crippen molar-refractivity contribution in [1.82, 2.24) is 4.90 Å². The highest BCUT2D eigenvalue weighted by Gasteiger charge is 2.25. The molecule has 2 heteroatoms.